The van der Waals surface area contributed by atoms with Gasteiger partial charge < -0.3 is 57.0 Å². The number of benzene rings is 24. The molecule has 0 aliphatic rings. The summed E-state index contributed by atoms with van der Waals surface area (Å²) >= 11 is 0. The van der Waals surface area contributed by atoms with Gasteiger partial charge in [0, 0.05) is 44.0 Å². The van der Waals surface area contributed by atoms with Gasteiger partial charge in [-0.15, -0.1) is 0 Å². The van der Waals surface area contributed by atoms with Gasteiger partial charge in [-0.3, -0.25) is 0 Å². The number of ether oxygens (including phenoxy) is 11. The molecule has 24 aromatic rings. The van der Waals surface area contributed by atoms with Crippen molar-refractivity contribution in [2.45, 2.75) is 72.7 Å². The maximum Gasteiger partial charge on any atom is 0.123 e. The fourth-order valence-electron chi connectivity index (χ4n) is 19.9. The van der Waals surface area contributed by atoms with Crippen LogP contribution in [0.3, 0.4) is 0 Å². The van der Waals surface area contributed by atoms with Crippen molar-refractivity contribution in [2.24, 2.45) is 0 Å². The third-order valence-corrected chi connectivity index (χ3v) is 26.6. The molecule has 137 heavy (non-hydrogen) atoms. The number of nitrogens with zero attached hydrogens (tertiary/aromatic N) is 1. The normalized spacial score (nSPS) is 11.8. The molecule has 0 aliphatic carbocycles. The van der Waals surface area contributed by atoms with Crippen LogP contribution in [-0.4, -0.2) is 14.1 Å². The Bertz CT molecular complexity index is 7670. The van der Waals surface area contributed by atoms with E-state index in [1.807, 2.05) is 160 Å². The molecule has 12 nitrogen and oxygen atoms in total. The van der Waals surface area contributed by atoms with Gasteiger partial charge in [0.1, 0.15) is 136 Å². The Kier molecular flexibility index (Phi) is 22.0. The van der Waals surface area contributed by atoms with Gasteiger partial charge in [0.2, 0.25) is 0 Å². The van der Waals surface area contributed by atoms with Crippen LogP contribution in [0.15, 0.2) is 394 Å². The highest BCUT2D eigenvalue weighted by Crippen LogP contribution is 2.44. The molecule has 0 bridgehead atoms. The average Bonchev–Trinajstić information content (AvgIpc) is 0.752. The van der Waals surface area contributed by atoms with Crippen LogP contribution in [0.1, 0.15) is 61.2 Å². The Morgan fingerprint density at radius 1 is 0.146 bits per heavy atom. The highest BCUT2D eigenvalue weighted by atomic mass is 16.5. The number of rotatable bonds is 34. The van der Waals surface area contributed by atoms with Crippen LogP contribution in [0.4, 0.5) is 5.69 Å². The van der Waals surface area contributed by atoms with Crippen LogP contribution in [0.25, 0.3) is 129 Å². The molecular formula is C125H93NO11. The average molecular weight is 1790 g/mol. The first-order chi connectivity index (χ1) is 67.5. The second-order valence-corrected chi connectivity index (χ2v) is 35.9. The molecule has 0 saturated heterocycles. The quantitative estimate of drug-likeness (QED) is 0.0359. The molecule has 12 heteroatoms. The molecule has 0 amide bonds. The Balaban J connectivity index is 0.505. The van der Waals surface area contributed by atoms with Gasteiger partial charge >= 0.3 is 0 Å². The summed E-state index contributed by atoms with van der Waals surface area (Å²) in [6.45, 7) is 3.06. The molecule has 0 aliphatic heterocycles. The highest BCUT2D eigenvalue weighted by Gasteiger charge is 2.21. The fourth-order valence-corrected chi connectivity index (χ4v) is 19.9. The summed E-state index contributed by atoms with van der Waals surface area (Å²) < 4.78 is 74.3. The molecule has 0 unspecified atom stereocenters. The molecule has 0 radical (unpaired) electrons. The van der Waals surface area contributed by atoms with E-state index in [4.69, 9.17) is 52.1 Å². The van der Waals surface area contributed by atoms with E-state index < -0.39 is 0 Å². The molecule has 0 spiro atoms. The van der Waals surface area contributed by atoms with E-state index >= 15 is 0 Å². The predicted octanol–water partition coefficient (Wildman–Crippen LogP) is 30.7. The molecule has 0 aromatic heterocycles. The Morgan fingerprint density at radius 3 is 0.577 bits per heavy atom. The number of anilines is 1. The monoisotopic (exact) mass is 1780 g/mol. The molecule has 0 fully saturated rings. The predicted molar refractivity (Wildman–Crippen MR) is 554 cm³/mol. The second kappa shape index (κ2) is 36.2. The third-order valence-electron chi connectivity index (χ3n) is 26.6. The smallest absolute Gasteiger partial charge is 0.123 e. The van der Waals surface area contributed by atoms with E-state index in [9.17, 15) is 0 Å². The fraction of sp³-hybridized carbons (Fsp3) is 0.104. The molecule has 0 N–H and O–H groups in total. The summed E-state index contributed by atoms with van der Waals surface area (Å²) in [5.74, 6) is 7.17. The lowest BCUT2D eigenvalue weighted by Crippen LogP contribution is -2.08. The number of hydrogen-bond donors (Lipinski definition) is 0. The standard InChI is InChI=1S/C125H93NO11/c1-126(2)102-24-11-29-107(64-102)127-72-83-58-112(132-73-84-60-108(128-68-79-12-3-25-103(54-79)134-75-98-42-38-94-34-30-86-16-7-20-90-46-50-114(98)122(94)118(86)90)65-109(61-84)129-69-80-13-4-26-104(55-80)135-76-99-43-39-95-35-31-87-17-8-21-91-47-51-115(99)123(95)119(87)91)67-113(59-83)133-74-85-62-110(130-70-81-14-5-27-105(56-81)136-77-100-44-40-96-36-32-88-18-9-22-92-48-52-116(100)124(96)120(88)92)66-111(63-85)131-71-82-15-6-28-106(57-82)137-78-101-45-41-97-37-33-89-19-10-23-93-49-53-117(101)125(97)121(89)93/h3-67H,68-78H2,1-2H3. The maximum atomic E-state index is 6.95. The zero-order valence-corrected chi connectivity index (χ0v) is 75.7. The lowest BCUT2D eigenvalue weighted by atomic mass is 9.92. The summed E-state index contributed by atoms with van der Waals surface area (Å²) in [7, 11) is 4.04. The van der Waals surface area contributed by atoms with E-state index in [0.717, 1.165) is 95.6 Å². The Morgan fingerprint density at radius 2 is 0.328 bits per heavy atom. The van der Waals surface area contributed by atoms with Gasteiger partial charge in [-0.1, -0.05) is 273 Å². The molecule has 24 aromatic carbocycles. The minimum atomic E-state index is 0.133. The summed E-state index contributed by atoms with van der Waals surface area (Å²) in [5, 5.41) is 29.6. The molecule has 0 saturated carbocycles. The zero-order chi connectivity index (χ0) is 91.2. The maximum absolute atomic E-state index is 6.95. The lowest BCUT2D eigenvalue weighted by molar-refractivity contribution is 0.272. The largest absolute Gasteiger partial charge is 0.489 e. The highest BCUT2D eigenvalue weighted by molar-refractivity contribution is 6.27. The second-order valence-electron chi connectivity index (χ2n) is 35.9. The van der Waals surface area contributed by atoms with Gasteiger partial charge in [-0.2, -0.15) is 0 Å². The van der Waals surface area contributed by atoms with Gasteiger partial charge in [-0.25, -0.2) is 0 Å². The van der Waals surface area contributed by atoms with Crippen molar-refractivity contribution in [2.75, 3.05) is 19.0 Å². The van der Waals surface area contributed by atoms with Gasteiger partial charge in [0.25, 0.3) is 0 Å². The van der Waals surface area contributed by atoms with E-state index in [2.05, 4.69) is 254 Å². The van der Waals surface area contributed by atoms with E-state index in [0.29, 0.717) is 60.9 Å². The summed E-state index contributed by atoms with van der Waals surface area (Å²) in [6, 6.07) is 137. The van der Waals surface area contributed by atoms with Gasteiger partial charge in [-0.05, 0) is 288 Å². The van der Waals surface area contributed by atoms with Crippen LogP contribution < -0.4 is 57.0 Å². The minimum Gasteiger partial charge on any atom is -0.489 e. The van der Waals surface area contributed by atoms with Crippen LogP contribution in [-0.2, 0) is 72.7 Å². The first-order valence-electron chi connectivity index (χ1n) is 46.6. The molecule has 0 atom stereocenters. The molecule has 24 rings (SSSR count). The SMILES string of the molecule is CN(C)c1cccc(OCc2cc(OCc3cc(OCc4cccc(OCc5ccc6ccc7cccc8ccc5c6c78)c4)cc(OCc4cccc(OCc5ccc6ccc7cccc8ccc5c6c78)c4)c3)cc(OCc3cc(OCc4cccc(OCc5ccc6ccc7cccc8ccc5c6c78)c4)cc(OCc4cccc(OCc5ccc6ccc7cccc8ccc5c6c78)c4)c3)c2)c1. The van der Waals surface area contributed by atoms with E-state index in [1.165, 1.54) is 129 Å². The van der Waals surface area contributed by atoms with Crippen LogP contribution in [0, 0.1) is 0 Å². The van der Waals surface area contributed by atoms with Crippen LogP contribution in [0.5, 0.6) is 63.2 Å². The molecular weight excluding hydrogens is 1690 g/mol. The first kappa shape index (κ1) is 83.1. The van der Waals surface area contributed by atoms with Gasteiger partial charge in [0.05, 0.1) is 0 Å². The van der Waals surface area contributed by atoms with E-state index in [-0.39, 0.29) is 46.2 Å². The third kappa shape index (κ3) is 17.2. The summed E-state index contributed by atoms with van der Waals surface area (Å²) in [5.41, 5.74) is 11.7. The minimum absolute atomic E-state index is 0.133. The van der Waals surface area contributed by atoms with Crippen molar-refractivity contribution < 1.29 is 52.1 Å². The molecule has 0 heterocycles. The summed E-state index contributed by atoms with van der Waals surface area (Å²) in [4.78, 5) is 2.06. The van der Waals surface area contributed by atoms with Crippen molar-refractivity contribution in [1.82, 2.24) is 0 Å². The molecule has 664 valence electrons. The van der Waals surface area contributed by atoms with Crippen molar-refractivity contribution in [1.29, 1.82) is 0 Å². The number of hydrogen-bond acceptors (Lipinski definition) is 12. The van der Waals surface area contributed by atoms with Crippen molar-refractivity contribution >= 4 is 135 Å². The lowest BCUT2D eigenvalue weighted by Gasteiger charge is -2.17. The first-order valence-corrected chi connectivity index (χ1v) is 46.6. The van der Waals surface area contributed by atoms with Gasteiger partial charge in [0.15, 0.2) is 0 Å². The topological polar surface area (TPSA) is 105 Å². The van der Waals surface area contributed by atoms with E-state index in [1.54, 1.807) is 0 Å². The van der Waals surface area contributed by atoms with Crippen LogP contribution >= 0.6 is 0 Å². The van der Waals surface area contributed by atoms with Crippen molar-refractivity contribution in [3.05, 3.63) is 456 Å². The summed E-state index contributed by atoms with van der Waals surface area (Å²) in [6.07, 6.45) is 0. The Hall–Kier alpha value is -17.0. The Labute approximate surface area is 792 Å². The van der Waals surface area contributed by atoms with Crippen molar-refractivity contribution in [3.63, 3.8) is 0 Å². The zero-order valence-electron chi connectivity index (χ0n) is 75.7. The van der Waals surface area contributed by atoms with Crippen molar-refractivity contribution in [3.8, 4) is 63.2 Å². The van der Waals surface area contributed by atoms with Crippen LogP contribution in [0.2, 0.25) is 0 Å².